The number of aromatic nitrogens is 2. The molecule has 0 aliphatic heterocycles. The van der Waals surface area contributed by atoms with Crippen molar-refractivity contribution in [2.24, 2.45) is 7.05 Å². The lowest BCUT2D eigenvalue weighted by atomic mass is 10.2. The Morgan fingerprint density at radius 3 is 2.45 bits per heavy atom. The van der Waals surface area contributed by atoms with Crippen LogP contribution in [0.15, 0.2) is 71.6 Å². The zero-order chi connectivity index (χ0) is 22.2. The molecule has 4 aromatic rings. The number of sulfonamides is 1. The number of aryl methyl sites for hydroxylation is 1. The number of benzene rings is 3. The molecule has 31 heavy (non-hydrogen) atoms. The number of para-hydroxylation sites is 1. The van der Waals surface area contributed by atoms with E-state index in [2.05, 4.69) is 15.1 Å². The Balaban J connectivity index is 1.64. The minimum atomic E-state index is -3.95. The number of nitrogens with one attached hydrogen (secondary N) is 2. The van der Waals surface area contributed by atoms with Crippen LogP contribution >= 0.6 is 23.2 Å². The van der Waals surface area contributed by atoms with Crippen molar-refractivity contribution in [3.05, 3.63) is 82.3 Å². The fourth-order valence-corrected chi connectivity index (χ4v) is 4.47. The van der Waals surface area contributed by atoms with E-state index in [0.29, 0.717) is 16.5 Å². The van der Waals surface area contributed by atoms with Crippen molar-refractivity contribution in [3.8, 4) is 0 Å². The van der Waals surface area contributed by atoms with E-state index in [1.807, 2.05) is 24.3 Å². The quantitative estimate of drug-likeness (QED) is 0.428. The van der Waals surface area contributed by atoms with Crippen molar-refractivity contribution in [2.75, 3.05) is 10.0 Å². The van der Waals surface area contributed by atoms with Crippen molar-refractivity contribution < 1.29 is 13.2 Å². The molecule has 0 saturated heterocycles. The van der Waals surface area contributed by atoms with E-state index in [4.69, 9.17) is 23.2 Å². The number of nitrogens with zero attached hydrogens (tertiary/aromatic N) is 2. The first-order valence-electron chi connectivity index (χ1n) is 9.05. The topological polar surface area (TPSA) is 93.1 Å². The third kappa shape index (κ3) is 4.36. The molecule has 7 nitrogen and oxygen atoms in total. The first kappa shape index (κ1) is 21.2. The predicted octanol–water partition coefficient (Wildman–Crippen LogP) is 4.93. The van der Waals surface area contributed by atoms with Crippen LogP contribution in [0, 0.1) is 0 Å². The molecule has 4 rings (SSSR count). The van der Waals surface area contributed by atoms with Gasteiger partial charge in [-0.2, -0.15) is 5.10 Å². The first-order valence-corrected chi connectivity index (χ1v) is 11.3. The summed E-state index contributed by atoms with van der Waals surface area (Å²) in [5.41, 5.74) is 1.19. The zero-order valence-corrected chi connectivity index (χ0v) is 18.5. The number of anilines is 2. The van der Waals surface area contributed by atoms with Gasteiger partial charge in [0.2, 0.25) is 0 Å². The van der Waals surface area contributed by atoms with Crippen LogP contribution in [0.25, 0.3) is 10.9 Å². The second-order valence-electron chi connectivity index (χ2n) is 6.70. The molecule has 1 heterocycles. The van der Waals surface area contributed by atoms with E-state index in [9.17, 15) is 13.2 Å². The number of carbonyl (C=O) groups excluding carboxylic acids is 1. The molecule has 0 fully saturated rings. The maximum atomic E-state index is 12.9. The summed E-state index contributed by atoms with van der Waals surface area (Å²) in [4.78, 5) is 12.8. The van der Waals surface area contributed by atoms with Crippen LogP contribution < -0.4 is 10.0 Å². The highest BCUT2D eigenvalue weighted by atomic mass is 35.5. The van der Waals surface area contributed by atoms with Gasteiger partial charge in [-0.3, -0.25) is 14.2 Å². The van der Waals surface area contributed by atoms with Crippen LogP contribution in [0.1, 0.15) is 10.4 Å². The van der Waals surface area contributed by atoms with Crippen LogP contribution in [-0.2, 0) is 17.1 Å². The number of rotatable bonds is 5. The Bertz CT molecular complexity index is 1400. The lowest BCUT2D eigenvalue weighted by molar-refractivity contribution is 0.102. The second kappa shape index (κ2) is 8.22. The monoisotopic (exact) mass is 474 g/mol. The molecule has 158 valence electrons. The van der Waals surface area contributed by atoms with Gasteiger partial charge < -0.3 is 5.32 Å². The number of carbonyl (C=O) groups is 1. The summed E-state index contributed by atoms with van der Waals surface area (Å²) in [6.07, 6.45) is 0. The highest BCUT2D eigenvalue weighted by Crippen LogP contribution is 2.26. The third-order valence-electron chi connectivity index (χ3n) is 4.58. The predicted molar refractivity (Wildman–Crippen MR) is 122 cm³/mol. The van der Waals surface area contributed by atoms with Gasteiger partial charge in [-0.15, -0.1) is 0 Å². The molecular formula is C21H16Cl2N4O3S. The van der Waals surface area contributed by atoms with Gasteiger partial charge in [0, 0.05) is 23.1 Å². The smallest absolute Gasteiger partial charge is 0.261 e. The average Bonchev–Trinajstić information content (AvgIpc) is 3.05. The van der Waals surface area contributed by atoms with E-state index >= 15 is 0 Å². The van der Waals surface area contributed by atoms with E-state index in [-0.39, 0.29) is 15.5 Å². The number of hydrogen-bond donors (Lipinski definition) is 2. The average molecular weight is 475 g/mol. The lowest BCUT2D eigenvalue weighted by Gasteiger charge is -2.11. The number of fused-ring (bicyclic) bond motifs is 1. The molecule has 0 aliphatic carbocycles. The Kier molecular flexibility index (Phi) is 5.62. The highest BCUT2D eigenvalue weighted by Gasteiger charge is 2.20. The molecule has 10 heteroatoms. The zero-order valence-electron chi connectivity index (χ0n) is 16.1. The molecule has 0 radical (unpaired) electrons. The van der Waals surface area contributed by atoms with Crippen molar-refractivity contribution in [1.82, 2.24) is 9.78 Å². The number of hydrogen-bond acceptors (Lipinski definition) is 4. The van der Waals surface area contributed by atoms with Crippen LogP contribution in [0.2, 0.25) is 10.0 Å². The maximum absolute atomic E-state index is 12.9. The van der Waals surface area contributed by atoms with E-state index in [1.54, 1.807) is 23.9 Å². The summed E-state index contributed by atoms with van der Waals surface area (Å²) in [6.45, 7) is 0. The molecular weight excluding hydrogens is 459 g/mol. The Labute approximate surface area is 188 Å². The van der Waals surface area contributed by atoms with Gasteiger partial charge in [0.1, 0.15) is 0 Å². The molecule has 0 spiro atoms. The van der Waals surface area contributed by atoms with Gasteiger partial charge in [0.15, 0.2) is 5.82 Å². The van der Waals surface area contributed by atoms with Gasteiger partial charge in [0.05, 0.1) is 21.0 Å². The Morgan fingerprint density at radius 1 is 1.00 bits per heavy atom. The van der Waals surface area contributed by atoms with E-state index in [1.165, 1.54) is 30.3 Å². The molecule has 1 aromatic heterocycles. The summed E-state index contributed by atoms with van der Waals surface area (Å²) < 4.78 is 29.6. The van der Waals surface area contributed by atoms with Crippen molar-refractivity contribution in [3.63, 3.8) is 0 Å². The molecule has 0 atom stereocenters. The molecule has 3 aromatic carbocycles. The van der Waals surface area contributed by atoms with Gasteiger partial charge in [-0.05, 0) is 54.6 Å². The Morgan fingerprint density at radius 2 is 1.71 bits per heavy atom. The van der Waals surface area contributed by atoms with Crippen LogP contribution in [0.5, 0.6) is 0 Å². The Hall–Kier alpha value is -3.07. The third-order valence-corrected chi connectivity index (χ3v) is 6.54. The first-order chi connectivity index (χ1) is 14.7. The van der Waals surface area contributed by atoms with Crippen LogP contribution in [0.4, 0.5) is 11.5 Å². The fraction of sp³-hybridized carbons (Fsp3) is 0.0476. The SMILES string of the molecule is Cn1nc(NC(=O)c2cc(S(=O)(=O)Nc3ccc(Cl)cc3)ccc2Cl)c2ccccc21. The summed E-state index contributed by atoms with van der Waals surface area (Å²) in [5.74, 6) is -0.218. The van der Waals surface area contributed by atoms with Crippen LogP contribution in [-0.4, -0.2) is 24.1 Å². The summed E-state index contributed by atoms with van der Waals surface area (Å²) in [7, 11) is -2.19. The molecule has 0 saturated carbocycles. The molecule has 0 bridgehead atoms. The maximum Gasteiger partial charge on any atom is 0.261 e. The molecule has 0 aliphatic rings. The number of halogens is 2. The van der Waals surface area contributed by atoms with Crippen LogP contribution in [0.3, 0.4) is 0 Å². The molecule has 1 amide bonds. The van der Waals surface area contributed by atoms with Crippen molar-refractivity contribution >= 4 is 61.5 Å². The van der Waals surface area contributed by atoms with Crippen molar-refractivity contribution in [1.29, 1.82) is 0 Å². The summed E-state index contributed by atoms with van der Waals surface area (Å²) in [5, 5.41) is 8.38. The van der Waals surface area contributed by atoms with Gasteiger partial charge in [-0.1, -0.05) is 35.3 Å². The minimum Gasteiger partial charge on any atom is -0.305 e. The van der Waals surface area contributed by atoms with Gasteiger partial charge in [-0.25, -0.2) is 8.42 Å². The van der Waals surface area contributed by atoms with Gasteiger partial charge in [0.25, 0.3) is 15.9 Å². The number of amides is 1. The van der Waals surface area contributed by atoms with E-state index in [0.717, 1.165) is 10.9 Å². The highest BCUT2D eigenvalue weighted by molar-refractivity contribution is 7.92. The van der Waals surface area contributed by atoms with E-state index < -0.39 is 15.9 Å². The summed E-state index contributed by atoms with van der Waals surface area (Å²) >= 11 is 12.0. The van der Waals surface area contributed by atoms with Crippen molar-refractivity contribution in [2.45, 2.75) is 4.90 Å². The normalized spacial score (nSPS) is 11.5. The second-order valence-corrected chi connectivity index (χ2v) is 9.22. The van der Waals surface area contributed by atoms with Gasteiger partial charge >= 0.3 is 0 Å². The largest absolute Gasteiger partial charge is 0.305 e. The standard InChI is InChI=1S/C21H16Cl2N4O3S/c1-27-19-5-3-2-4-16(19)20(25-27)24-21(28)17-12-15(10-11-18(17)23)31(29,30)26-14-8-6-13(22)7-9-14/h2-12,26H,1H3,(H,24,25,28). The lowest BCUT2D eigenvalue weighted by Crippen LogP contribution is -2.16. The molecule has 0 unspecified atom stereocenters. The minimum absolute atomic E-state index is 0.00961. The molecule has 2 N–H and O–H groups in total. The fourth-order valence-electron chi connectivity index (χ4n) is 3.06. The summed E-state index contributed by atoms with van der Waals surface area (Å²) in [6, 6.07) is 17.5.